The summed E-state index contributed by atoms with van der Waals surface area (Å²) in [5.74, 6) is 0.457. The molecule has 0 saturated carbocycles. The van der Waals surface area contributed by atoms with Crippen molar-refractivity contribution in [2.24, 2.45) is 0 Å². The highest BCUT2D eigenvalue weighted by Crippen LogP contribution is 2.24. The first-order valence-corrected chi connectivity index (χ1v) is 7.30. The number of hydrogen-bond acceptors (Lipinski definition) is 4. The maximum atomic E-state index is 12.0. The summed E-state index contributed by atoms with van der Waals surface area (Å²) in [5, 5.41) is 11.4. The number of nitriles is 1. The third-order valence-corrected chi connectivity index (χ3v) is 3.42. The number of anilines is 1. The number of amides is 1. The van der Waals surface area contributed by atoms with Crippen molar-refractivity contribution in [3.8, 4) is 11.8 Å². The average molecular weight is 288 g/mol. The molecule has 0 radical (unpaired) electrons. The van der Waals surface area contributed by atoms with E-state index in [2.05, 4.69) is 5.32 Å². The summed E-state index contributed by atoms with van der Waals surface area (Å²) in [6, 6.07) is 9.03. The van der Waals surface area contributed by atoms with E-state index in [1.165, 1.54) is 6.42 Å². The minimum atomic E-state index is -0.0582. The molecular formula is C16H20N2O3. The van der Waals surface area contributed by atoms with Crippen molar-refractivity contribution in [3.63, 3.8) is 0 Å². The molecule has 21 heavy (non-hydrogen) atoms. The molecule has 1 atom stereocenters. The van der Waals surface area contributed by atoms with Crippen molar-refractivity contribution in [1.29, 1.82) is 5.26 Å². The Hall–Kier alpha value is -2.06. The van der Waals surface area contributed by atoms with Crippen LogP contribution < -0.4 is 10.1 Å². The number of hydrogen-bond donors (Lipinski definition) is 1. The Morgan fingerprint density at radius 3 is 3.05 bits per heavy atom. The number of nitrogens with one attached hydrogen (secondary N) is 1. The maximum Gasteiger partial charge on any atom is 0.224 e. The number of para-hydroxylation sites is 2. The normalized spacial score (nSPS) is 17.8. The monoisotopic (exact) mass is 288 g/mol. The topological polar surface area (TPSA) is 71.3 Å². The second kappa shape index (κ2) is 8.28. The molecule has 1 aromatic carbocycles. The summed E-state index contributed by atoms with van der Waals surface area (Å²) in [4.78, 5) is 12.0. The van der Waals surface area contributed by atoms with Gasteiger partial charge in [0.15, 0.2) is 6.61 Å². The number of rotatable bonds is 6. The number of ether oxygens (including phenoxy) is 2. The third kappa shape index (κ3) is 5.09. The van der Waals surface area contributed by atoms with E-state index in [4.69, 9.17) is 14.7 Å². The van der Waals surface area contributed by atoms with Crippen LogP contribution in [-0.2, 0) is 9.53 Å². The molecule has 1 aliphatic heterocycles. The molecule has 2 rings (SSSR count). The van der Waals surface area contributed by atoms with Crippen LogP contribution >= 0.6 is 0 Å². The van der Waals surface area contributed by atoms with Gasteiger partial charge in [0.25, 0.3) is 0 Å². The van der Waals surface area contributed by atoms with E-state index >= 15 is 0 Å². The van der Waals surface area contributed by atoms with Crippen LogP contribution in [0.15, 0.2) is 24.3 Å². The van der Waals surface area contributed by atoms with E-state index in [0.29, 0.717) is 17.9 Å². The molecule has 1 amide bonds. The van der Waals surface area contributed by atoms with E-state index in [9.17, 15) is 4.79 Å². The first-order valence-electron chi connectivity index (χ1n) is 7.30. The molecule has 5 nitrogen and oxygen atoms in total. The Morgan fingerprint density at radius 2 is 2.29 bits per heavy atom. The predicted molar refractivity (Wildman–Crippen MR) is 79.0 cm³/mol. The Morgan fingerprint density at radius 1 is 1.43 bits per heavy atom. The lowest BCUT2D eigenvalue weighted by atomic mass is 10.0. The Bertz CT molecular complexity index is 504. The Kier molecular flexibility index (Phi) is 6.04. The lowest BCUT2D eigenvalue weighted by molar-refractivity contribution is -0.117. The van der Waals surface area contributed by atoms with Gasteiger partial charge in [0.2, 0.25) is 5.91 Å². The summed E-state index contributed by atoms with van der Waals surface area (Å²) in [6.45, 7) is 0.764. The summed E-state index contributed by atoms with van der Waals surface area (Å²) < 4.78 is 10.9. The molecule has 1 aliphatic rings. The third-order valence-electron chi connectivity index (χ3n) is 3.42. The summed E-state index contributed by atoms with van der Waals surface area (Å²) in [5.41, 5.74) is 0.599. The lowest BCUT2D eigenvalue weighted by Crippen LogP contribution is -2.21. The minimum absolute atomic E-state index is 0.0389. The number of benzene rings is 1. The average Bonchev–Trinajstić information content (AvgIpc) is 2.53. The van der Waals surface area contributed by atoms with Gasteiger partial charge in [-0.25, -0.2) is 0 Å². The van der Waals surface area contributed by atoms with Gasteiger partial charge in [-0.1, -0.05) is 12.1 Å². The molecular weight excluding hydrogens is 268 g/mol. The molecule has 1 N–H and O–H groups in total. The van der Waals surface area contributed by atoms with Gasteiger partial charge in [-0.15, -0.1) is 0 Å². The van der Waals surface area contributed by atoms with E-state index in [1.54, 1.807) is 18.2 Å². The Balaban J connectivity index is 1.83. The fourth-order valence-corrected chi connectivity index (χ4v) is 2.35. The molecule has 1 saturated heterocycles. The lowest BCUT2D eigenvalue weighted by Gasteiger charge is -2.22. The van der Waals surface area contributed by atoms with Crippen LogP contribution in [0.5, 0.6) is 5.75 Å². The second-order valence-electron chi connectivity index (χ2n) is 5.02. The summed E-state index contributed by atoms with van der Waals surface area (Å²) >= 11 is 0. The van der Waals surface area contributed by atoms with Crippen LogP contribution in [0.1, 0.15) is 32.1 Å². The number of nitrogens with zero attached hydrogens (tertiary/aromatic N) is 1. The highest BCUT2D eigenvalue weighted by atomic mass is 16.5. The molecule has 1 heterocycles. The van der Waals surface area contributed by atoms with Gasteiger partial charge in [-0.3, -0.25) is 4.79 Å². The van der Waals surface area contributed by atoms with Crippen molar-refractivity contribution in [2.45, 2.75) is 38.2 Å². The van der Waals surface area contributed by atoms with Crippen molar-refractivity contribution in [2.75, 3.05) is 18.5 Å². The predicted octanol–water partition coefficient (Wildman–Crippen LogP) is 2.88. The molecule has 1 fully saturated rings. The van der Waals surface area contributed by atoms with Crippen molar-refractivity contribution >= 4 is 11.6 Å². The van der Waals surface area contributed by atoms with E-state index in [1.807, 2.05) is 12.1 Å². The molecule has 112 valence electrons. The van der Waals surface area contributed by atoms with Gasteiger partial charge in [0.1, 0.15) is 11.8 Å². The fraction of sp³-hybridized carbons (Fsp3) is 0.500. The van der Waals surface area contributed by atoms with Gasteiger partial charge in [0.05, 0.1) is 11.8 Å². The van der Waals surface area contributed by atoms with Gasteiger partial charge in [0, 0.05) is 13.0 Å². The van der Waals surface area contributed by atoms with Gasteiger partial charge >= 0.3 is 0 Å². The van der Waals surface area contributed by atoms with Crippen LogP contribution in [0.25, 0.3) is 0 Å². The first kappa shape index (κ1) is 15.3. The number of carbonyl (C=O) groups is 1. The zero-order valence-electron chi connectivity index (χ0n) is 12.0. The van der Waals surface area contributed by atoms with Crippen LogP contribution in [0.3, 0.4) is 0 Å². The molecule has 1 aromatic rings. The van der Waals surface area contributed by atoms with Gasteiger partial charge < -0.3 is 14.8 Å². The van der Waals surface area contributed by atoms with Crippen LogP contribution in [0.4, 0.5) is 5.69 Å². The first-order chi connectivity index (χ1) is 10.3. The summed E-state index contributed by atoms with van der Waals surface area (Å²) in [7, 11) is 0. The van der Waals surface area contributed by atoms with Crippen molar-refractivity contribution in [3.05, 3.63) is 24.3 Å². The SMILES string of the molecule is N#CCOc1ccccc1NC(=O)CCC1CCCCO1. The fourth-order valence-electron chi connectivity index (χ4n) is 2.35. The Labute approximate surface area is 124 Å². The quantitative estimate of drug-likeness (QED) is 0.873. The largest absolute Gasteiger partial charge is 0.477 e. The molecule has 0 aromatic heterocycles. The molecule has 5 heteroatoms. The highest BCUT2D eigenvalue weighted by molar-refractivity contribution is 5.92. The molecule has 0 spiro atoms. The highest BCUT2D eigenvalue weighted by Gasteiger charge is 2.16. The minimum Gasteiger partial charge on any atom is -0.477 e. The zero-order chi connectivity index (χ0) is 14.9. The van der Waals surface area contributed by atoms with Crippen LogP contribution in [0.2, 0.25) is 0 Å². The summed E-state index contributed by atoms with van der Waals surface area (Å²) in [6.07, 6.45) is 4.71. The van der Waals surface area contributed by atoms with Crippen LogP contribution in [0, 0.1) is 11.3 Å². The number of carbonyl (C=O) groups excluding carboxylic acids is 1. The van der Waals surface area contributed by atoms with Gasteiger partial charge in [-0.2, -0.15) is 5.26 Å². The molecule has 0 bridgehead atoms. The van der Waals surface area contributed by atoms with E-state index in [-0.39, 0.29) is 18.6 Å². The van der Waals surface area contributed by atoms with Crippen LogP contribution in [-0.4, -0.2) is 25.2 Å². The van der Waals surface area contributed by atoms with Crippen molar-refractivity contribution in [1.82, 2.24) is 0 Å². The van der Waals surface area contributed by atoms with E-state index < -0.39 is 0 Å². The zero-order valence-corrected chi connectivity index (χ0v) is 12.0. The standard InChI is InChI=1S/C16H20N2O3/c17-10-12-21-15-7-2-1-6-14(15)18-16(19)9-8-13-5-3-4-11-20-13/h1-2,6-7,13H,3-5,8-9,11-12H2,(H,18,19). The van der Waals surface area contributed by atoms with E-state index in [0.717, 1.165) is 25.9 Å². The maximum absolute atomic E-state index is 12.0. The molecule has 0 aliphatic carbocycles. The van der Waals surface area contributed by atoms with Gasteiger partial charge in [-0.05, 0) is 37.8 Å². The molecule has 1 unspecified atom stereocenters. The second-order valence-corrected chi connectivity index (χ2v) is 5.02. The van der Waals surface area contributed by atoms with Crippen molar-refractivity contribution < 1.29 is 14.3 Å². The smallest absolute Gasteiger partial charge is 0.224 e.